The highest BCUT2D eigenvalue weighted by Crippen LogP contribution is 2.18. The Kier molecular flexibility index (Phi) is 54.0. The minimum atomic E-state index is -0.320. The Morgan fingerprint density at radius 3 is 0.838 bits per heavy atom. The number of hydrogen-bond donors (Lipinski definition) is 4. The van der Waals surface area contributed by atoms with E-state index in [1.54, 1.807) is 0 Å². The van der Waals surface area contributed by atoms with E-state index in [0.717, 1.165) is 140 Å². The predicted octanol–water partition coefficient (Wildman–Crippen LogP) is 14.2. The van der Waals surface area contributed by atoms with Gasteiger partial charge >= 0.3 is 0 Å². The lowest BCUT2D eigenvalue weighted by Gasteiger charge is -2.34. The van der Waals surface area contributed by atoms with Gasteiger partial charge in [0.25, 0.3) is 0 Å². The molecule has 4 unspecified atom stereocenters. The number of unbranched alkanes of at least 4 members (excludes halogenated alkanes) is 28. The normalized spacial score (nSPS) is 15.6. The molecule has 1 fully saturated rings. The molecule has 1 rings (SSSR count). The van der Waals surface area contributed by atoms with Gasteiger partial charge in [0.1, 0.15) is 0 Å². The van der Waals surface area contributed by atoms with Gasteiger partial charge in [-0.2, -0.15) is 23.5 Å². The van der Waals surface area contributed by atoms with Crippen molar-refractivity contribution >= 4 is 23.5 Å². The zero-order valence-electron chi connectivity index (χ0n) is 50.3. The zero-order chi connectivity index (χ0) is 53.8. The molecule has 0 radical (unpaired) electrons. The minimum absolute atomic E-state index is 0.320. The predicted molar refractivity (Wildman–Crippen MR) is 331 cm³/mol. The van der Waals surface area contributed by atoms with Crippen molar-refractivity contribution < 1.29 is 20.4 Å². The summed E-state index contributed by atoms with van der Waals surface area (Å²) in [6, 6.07) is 0. The van der Waals surface area contributed by atoms with Crippen LogP contribution in [0.3, 0.4) is 0 Å². The van der Waals surface area contributed by atoms with Crippen LogP contribution in [0.15, 0.2) is 0 Å². The van der Waals surface area contributed by atoms with Gasteiger partial charge in [-0.25, -0.2) is 0 Å². The Balaban J connectivity index is 2.75. The van der Waals surface area contributed by atoms with Gasteiger partial charge in [0, 0.05) is 115 Å². The number of aliphatic hydroxyl groups is 4. The van der Waals surface area contributed by atoms with Crippen LogP contribution in [0.1, 0.15) is 259 Å². The van der Waals surface area contributed by atoms with E-state index in [1.165, 1.54) is 180 Å². The number of thioether (sulfide) groups is 2. The number of aliphatic hydroxyl groups excluding tert-OH is 4. The lowest BCUT2D eigenvalue weighted by atomic mass is 10.0. The highest BCUT2D eigenvalue weighted by molar-refractivity contribution is 7.99. The van der Waals surface area contributed by atoms with Crippen molar-refractivity contribution in [2.75, 3.05) is 122 Å². The van der Waals surface area contributed by atoms with Crippen molar-refractivity contribution in [2.45, 2.75) is 283 Å². The summed E-state index contributed by atoms with van der Waals surface area (Å²) in [5, 5.41) is 44.8. The van der Waals surface area contributed by atoms with Crippen molar-refractivity contribution in [3.05, 3.63) is 0 Å². The Morgan fingerprint density at radius 2 is 0.568 bits per heavy atom. The highest BCUT2D eigenvalue weighted by atomic mass is 32.2. The molecule has 0 bridgehead atoms. The van der Waals surface area contributed by atoms with Gasteiger partial charge in [0.15, 0.2) is 0 Å². The molecule has 1 aliphatic rings. The molecule has 1 aliphatic heterocycles. The third-order valence-electron chi connectivity index (χ3n) is 16.0. The molecule has 74 heavy (non-hydrogen) atoms. The molecule has 1 heterocycles. The van der Waals surface area contributed by atoms with Crippen LogP contribution in [0.4, 0.5) is 0 Å². The Labute approximate surface area is 471 Å². The zero-order valence-corrected chi connectivity index (χ0v) is 52.0. The van der Waals surface area contributed by atoms with Crippen LogP contribution in [0.5, 0.6) is 0 Å². The van der Waals surface area contributed by atoms with Crippen molar-refractivity contribution in [1.29, 1.82) is 0 Å². The molecule has 0 aromatic heterocycles. The maximum absolute atomic E-state index is 11.2. The van der Waals surface area contributed by atoms with Crippen molar-refractivity contribution in [2.24, 2.45) is 0 Å². The topological polar surface area (TPSA) is 97.1 Å². The average Bonchev–Trinajstić information content (AvgIpc) is 3.38. The van der Waals surface area contributed by atoms with Crippen molar-refractivity contribution in [3.8, 4) is 0 Å². The van der Waals surface area contributed by atoms with Crippen LogP contribution < -0.4 is 0 Å². The molecule has 444 valence electrons. The molecule has 4 atom stereocenters. The van der Waals surface area contributed by atoms with E-state index in [0.29, 0.717) is 26.2 Å². The molecule has 0 spiro atoms. The van der Waals surface area contributed by atoms with Gasteiger partial charge in [-0.1, -0.05) is 233 Å². The van der Waals surface area contributed by atoms with Gasteiger partial charge < -0.3 is 30.2 Å². The first kappa shape index (κ1) is 72.4. The van der Waals surface area contributed by atoms with Crippen LogP contribution in [-0.4, -0.2) is 191 Å². The SMILES string of the molecule is CCCCCCCCCCC(O)CN(CCSCCN(CCSCCN(CC(O)CCCCCCCCCC)CC(O)CCCCCCCCCC)CCN1CCN(C)CC1)CC(O)CCCCCCCCCC. The van der Waals surface area contributed by atoms with Crippen LogP contribution in [0.25, 0.3) is 0 Å². The second-order valence-electron chi connectivity index (χ2n) is 23.4. The first-order chi connectivity index (χ1) is 36.2. The molecule has 0 aromatic carbocycles. The summed E-state index contributed by atoms with van der Waals surface area (Å²) in [5.74, 6) is 4.26. The largest absolute Gasteiger partial charge is 0.392 e. The van der Waals surface area contributed by atoms with E-state index in [9.17, 15) is 20.4 Å². The van der Waals surface area contributed by atoms with E-state index in [-0.39, 0.29) is 24.4 Å². The summed E-state index contributed by atoms with van der Waals surface area (Å²) in [5.41, 5.74) is 0. The smallest absolute Gasteiger partial charge is 0.0667 e. The van der Waals surface area contributed by atoms with E-state index in [4.69, 9.17) is 0 Å². The monoisotopic (exact) mass is 1090 g/mol. The average molecular weight is 1090 g/mol. The summed E-state index contributed by atoms with van der Waals surface area (Å²) in [7, 11) is 2.24. The molecule has 11 heteroatoms. The maximum Gasteiger partial charge on any atom is 0.0667 e. The first-order valence-electron chi connectivity index (χ1n) is 32.7. The highest BCUT2D eigenvalue weighted by Gasteiger charge is 2.19. The van der Waals surface area contributed by atoms with Crippen LogP contribution in [0.2, 0.25) is 0 Å². The number of piperazine rings is 1. The third kappa shape index (κ3) is 48.3. The lowest BCUT2D eigenvalue weighted by Crippen LogP contribution is -2.47. The summed E-state index contributed by atoms with van der Waals surface area (Å²) in [6.45, 7) is 22.7. The van der Waals surface area contributed by atoms with E-state index >= 15 is 0 Å². The fourth-order valence-electron chi connectivity index (χ4n) is 10.8. The van der Waals surface area contributed by atoms with Gasteiger partial charge in [-0.15, -0.1) is 0 Å². The summed E-state index contributed by atoms with van der Waals surface area (Å²) in [6.07, 6.45) is 43.3. The fourth-order valence-corrected chi connectivity index (χ4v) is 12.8. The van der Waals surface area contributed by atoms with E-state index in [2.05, 4.69) is 59.2 Å². The number of rotatable bonds is 59. The second-order valence-corrected chi connectivity index (χ2v) is 25.8. The quantitative estimate of drug-likeness (QED) is 0.0439. The molecule has 0 amide bonds. The number of hydrogen-bond acceptors (Lipinski definition) is 11. The Morgan fingerprint density at radius 1 is 0.324 bits per heavy atom. The minimum Gasteiger partial charge on any atom is -0.392 e. The number of nitrogens with zero attached hydrogens (tertiary/aromatic N) is 5. The van der Waals surface area contributed by atoms with Crippen molar-refractivity contribution in [3.63, 3.8) is 0 Å². The molecule has 0 aliphatic carbocycles. The lowest BCUT2D eigenvalue weighted by molar-refractivity contribution is 0.0634. The molecular weight excluding hydrogens is 955 g/mol. The van der Waals surface area contributed by atoms with Gasteiger partial charge in [0.2, 0.25) is 0 Å². The van der Waals surface area contributed by atoms with Gasteiger partial charge in [0.05, 0.1) is 24.4 Å². The van der Waals surface area contributed by atoms with Crippen molar-refractivity contribution in [1.82, 2.24) is 24.5 Å². The number of likely N-dealkylation sites (N-methyl/N-ethyl adjacent to an activating group) is 1. The fraction of sp³-hybridized carbons (Fsp3) is 1.00. The van der Waals surface area contributed by atoms with Gasteiger partial charge in [-0.3, -0.25) is 14.7 Å². The summed E-state index contributed by atoms with van der Waals surface area (Å²) < 4.78 is 0. The van der Waals surface area contributed by atoms with Crippen LogP contribution >= 0.6 is 23.5 Å². The Bertz CT molecular complexity index is 986. The molecule has 9 nitrogen and oxygen atoms in total. The van der Waals surface area contributed by atoms with E-state index < -0.39 is 0 Å². The molecular formula is C63H131N5O4S2. The summed E-state index contributed by atoms with van der Waals surface area (Å²) in [4.78, 5) is 12.6. The maximum atomic E-state index is 11.2. The molecule has 0 aromatic rings. The van der Waals surface area contributed by atoms with E-state index in [1.807, 2.05) is 23.5 Å². The first-order valence-corrected chi connectivity index (χ1v) is 35.0. The molecule has 0 saturated carbocycles. The van der Waals surface area contributed by atoms with Crippen LogP contribution in [0, 0.1) is 0 Å². The molecule has 1 saturated heterocycles. The Hall–Kier alpha value is 0.340. The van der Waals surface area contributed by atoms with Crippen LogP contribution in [-0.2, 0) is 0 Å². The third-order valence-corrected chi connectivity index (χ3v) is 17.9. The standard InChI is InChI=1S/C63H131N5O4S2/c1-6-10-14-18-22-26-30-34-38-60(69)56-67(57-61(70)39-35-31-27-23-19-15-11-7-2)50-54-73-52-48-66(47-46-65-44-42-64(5)43-45-65)49-53-74-55-51-68(58-62(71)40-36-32-28-24-20-16-12-8-3)59-63(72)41-37-33-29-25-21-17-13-9-4/h60-63,69-72H,6-59H2,1-5H3. The second kappa shape index (κ2) is 55.3. The molecule has 4 N–H and O–H groups in total. The summed E-state index contributed by atoms with van der Waals surface area (Å²) >= 11 is 4.09. The van der Waals surface area contributed by atoms with Gasteiger partial charge in [-0.05, 0) is 32.7 Å².